The number of rotatable bonds is 6. The first-order valence-electron chi connectivity index (χ1n) is 10.8. The van der Waals surface area contributed by atoms with Crippen molar-refractivity contribution in [1.29, 1.82) is 0 Å². The average Bonchev–Trinajstić information content (AvgIpc) is 3.34. The molecule has 39 heavy (non-hydrogen) atoms. The summed E-state index contributed by atoms with van der Waals surface area (Å²) in [6.07, 6.45) is -1.91. The number of halogens is 3. The Hall–Kier alpha value is -5.43. The number of aliphatic carboxylic acids is 1. The number of aromatic amines is 1. The first-order chi connectivity index (χ1) is 18.4. The number of hydrogen-bond acceptors (Lipinski definition) is 6. The van der Waals surface area contributed by atoms with E-state index >= 15 is 0 Å². The second-order valence-corrected chi connectivity index (χ2v) is 7.81. The molecule has 4 rings (SSSR count). The van der Waals surface area contributed by atoms with Gasteiger partial charge in [-0.3, -0.25) is 19.0 Å². The van der Waals surface area contributed by atoms with E-state index < -0.39 is 47.1 Å². The van der Waals surface area contributed by atoms with Crippen LogP contribution in [0.15, 0.2) is 70.5 Å². The maximum absolute atomic E-state index is 13.9. The predicted molar refractivity (Wildman–Crippen MR) is 128 cm³/mol. The van der Waals surface area contributed by atoms with Crippen molar-refractivity contribution >= 4 is 34.9 Å². The number of para-hydroxylation sites is 1. The van der Waals surface area contributed by atoms with E-state index in [1.807, 2.05) is 0 Å². The quantitative estimate of drug-likeness (QED) is 0.269. The summed E-state index contributed by atoms with van der Waals surface area (Å²) < 4.78 is 43.4. The average molecular weight is 545 g/mol. The first-order valence-corrected chi connectivity index (χ1v) is 10.8. The van der Waals surface area contributed by atoms with E-state index in [1.54, 1.807) is 30.3 Å². The van der Waals surface area contributed by atoms with Crippen LogP contribution in [0, 0.1) is 0 Å². The summed E-state index contributed by atoms with van der Waals surface area (Å²) in [5.41, 5.74) is -3.49. The molecule has 4 aromatic rings. The van der Waals surface area contributed by atoms with Gasteiger partial charge in [0.2, 0.25) is 0 Å². The Balaban J connectivity index is 0.00000134. The predicted octanol–water partition coefficient (Wildman–Crippen LogP) is 2.32. The molecule has 0 aliphatic carbocycles. The van der Waals surface area contributed by atoms with Crippen molar-refractivity contribution < 1.29 is 37.5 Å². The lowest BCUT2D eigenvalue weighted by Crippen LogP contribution is -2.38. The van der Waals surface area contributed by atoms with Crippen molar-refractivity contribution in [3.63, 3.8) is 0 Å². The molecule has 0 saturated heterocycles. The van der Waals surface area contributed by atoms with Gasteiger partial charge in [-0.15, -0.1) is 0 Å². The van der Waals surface area contributed by atoms with Crippen LogP contribution in [0.4, 0.5) is 23.7 Å². The fourth-order valence-corrected chi connectivity index (χ4v) is 3.62. The van der Waals surface area contributed by atoms with Crippen molar-refractivity contribution in [2.75, 3.05) is 5.32 Å². The lowest BCUT2D eigenvalue weighted by Gasteiger charge is -2.17. The first kappa shape index (κ1) is 28.1. The maximum atomic E-state index is 13.9. The Morgan fingerprint density at radius 3 is 2.33 bits per heavy atom. The molecule has 12 nitrogen and oxygen atoms in total. The Labute approximate surface area is 215 Å². The molecule has 0 atom stereocenters. The maximum Gasteiger partial charge on any atom is 0.418 e. The monoisotopic (exact) mass is 545 g/mol. The molecule has 2 aromatic carbocycles. The number of carboxylic acids is 1. The summed E-state index contributed by atoms with van der Waals surface area (Å²) in [5.74, 6) is -1.45. The normalized spacial score (nSPS) is 10.7. The number of amides is 2. The number of anilines is 1. The zero-order valence-electron chi connectivity index (χ0n) is 19.6. The van der Waals surface area contributed by atoms with Crippen LogP contribution in [-0.4, -0.2) is 37.4 Å². The van der Waals surface area contributed by atoms with Crippen LogP contribution < -0.4 is 21.8 Å². The third kappa shape index (κ3) is 6.87. The summed E-state index contributed by atoms with van der Waals surface area (Å²) in [6.45, 7) is -0.918. The third-order valence-corrected chi connectivity index (χ3v) is 5.21. The van der Waals surface area contributed by atoms with Gasteiger partial charge in [-0.25, -0.2) is 4.79 Å². The van der Waals surface area contributed by atoms with E-state index in [1.165, 1.54) is 18.5 Å². The second kappa shape index (κ2) is 11.7. The van der Waals surface area contributed by atoms with Crippen LogP contribution >= 0.6 is 0 Å². The number of carbonyl (C=O) groups excluding carboxylic acids is 3. The fraction of sp³-hybridized carbons (Fsp3) is 0.125. The number of alkyl halides is 3. The zero-order chi connectivity index (χ0) is 28.7. The smallest absolute Gasteiger partial charge is 0.418 e. The number of aromatic nitrogens is 3. The van der Waals surface area contributed by atoms with Crippen LogP contribution in [0.1, 0.15) is 11.1 Å². The minimum Gasteiger partial charge on any atom is -0.480 e. The molecule has 0 unspecified atom stereocenters. The summed E-state index contributed by atoms with van der Waals surface area (Å²) in [6, 6.07) is 11.2. The van der Waals surface area contributed by atoms with Gasteiger partial charge in [0.15, 0.2) is 0 Å². The molecule has 0 radical (unpaired) electrons. The number of fused-ring (bicyclic) bond motifs is 1. The van der Waals surface area contributed by atoms with E-state index in [0.29, 0.717) is 21.9 Å². The number of hydrogen-bond donors (Lipinski definition) is 4. The van der Waals surface area contributed by atoms with E-state index in [9.17, 15) is 32.3 Å². The van der Waals surface area contributed by atoms with E-state index in [0.717, 1.165) is 10.6 Å². The van der Waals surface area contributed by atoms with Gasteiger partial charge in [-0.05, 0) is 35.9 Å². The van der Waals surface area contributed by atoms with Crippen molar-refractivity contribution in [2.24, 2.45) is 0 Å². The molecule has 0 spiro atoms. The molecule has 0 saturated carbocycles. The second-order valence-electron chi connectivity index (χ2n) is 7.81. The fourth-order valence-electron chi connectivity index (χ4n) is 3.62. The van der Waals surface area contributed by atoms with Gasteiger partial charge in [-0.2, -0.15) is 22.8 Å². The van der Waals surface area contributed by atoms with Crippen molar-refractivity contribution in [1.82, 2.24) is 19.4 Å². The van der Waals surface area contributed by atoms with Gasteiger partial charge in [0.25, 0.3) is 0 Å². The lowest BCUT2D eigenvalue weighted by atomic mass is 10.1. The highest BCUT2D eigenvalue weighted by atomic mass is 19.4. The van der Waals surface area contributed by atoms with Gasteiger partial charge in [0, 0.05) is 24.6 Å². The number of carboxylic acid groups (broad SMARTS) is 1. The van der Waals surface area contributed by atoms with Gasteiger partial charge < -0.3 is 25.3 Å². The SMILES string of the molecule is O=C(O)Cn1c(=O)c(=O)[nH]c2cc(C(F)(F)F)c(-n3ccc(CNC(=O)Nc4ccccc4)c3)cc21.O=C=O. The van der Waals surface area contributed by atoms with Crippen molar-refractivity contribution in [2.45, 2.75) is 19.3 Å². The van der Waals surface area contributed by atoms with Crippen LogP contribution in [0.3, 0.4) is 0 Å². The number of urea groups is 1. The minimum absolute atomic E-state index is 0.00234. The Morgan fingerprint density at radius 2 is 1.72 bits per heavy atom. The topological polar surface area (TPSA) is 172 Å². The summed E-state index contributed by atoms with van der Waals surface area (Å²) in [7, 11) is 0. The molecule has 202 valence electrons. The minimum atomic E-state index is -4.84. The molecule has 2 aromatic heterocycles. The van der Waals surface area contributed by atoms with Crippen molar-refractivity contribution in [3.8, 4) is 5.69 Å². The number of H-pyrrole nitrogens is 1. The molecule has 0 aliphatic rings. The molecule has 0 aliphatic heterocycles. The number of nitrogens with zero attached hydrogens (tertiary/aromatic N) is 2. The largest absolute Gasteiger partial charge is 0.480 e. The molecule has 4 N–H and O–H groups in total. The summed E-state index contributed by atoms with van der Waals surface area (Å²) in [5, 5.41) is 14.3. The van der Waals surface area contributed by atoms with Gasteiger partial charge in [0.1, 0.15) is 6.54 Å². The molecule has 2 heterocycles. The molecular formula is C24H18F3N5O7. The summed E-state index contributed by atoms with van der Waals surface area (Å²) >= 11 is 0. The highest BCUT2D eigenvalue weighted by Crippen LogP contribution is 2.36. The van der Waals surface area contributed by atoms with Crippen LogP contribution in [0.25, 0.3) is 16.7 Å². The molecule has 2 amide bonds. The molecule has 15 heteroatoms. The Morgan fingerprint density at radius 1 is 1.05 bits per heavy atom. The zero-order valence-corrected chi connectivity index (χ0v) is 19.6. The lowest BCUT2D eigenvalue weighted by molar-refractivity contribution is -0.191. The number of benzene rings is 2. The molecular weight excluding hydrogens is 527 g/mol. The Bertz CT molecular complexity index is 1670. The van der Waals surface area contributed by atoms with Crippen LogP contribution in [0.2, 0.25) is 0 Å². The highest BCUT2D eigenvalue weighted by Gasteiger charge is 2.35. The standard InChI is InChI=1S/C23H18F3N5O5.CO2/c24-23(25,26)15-8-16-18(31(12-19(32)33)21(35)20(34)29-16)9-17(15)30-7-6-13(11-30)10-27-22(36)28-14-4-2-1-3-5-14;2-1-3/h1-9,11H,10,12H2,(H,29,34)(H,32,33)(H2,27,28,36);. The molecule has 0 bridgehead atoms. The van der Waals surface area contributed by atoms with Crippen LogP contribution in [-0.2, 0) is 33.6 Å². The van der Waals surface area contributed by atoms with Crippen LogP contribution in [0.5, 0.6) is 0 Å². The number of nitrogens with one attached hydrogen (secondary N) is 3. The van der Waals surface area contributed by atoms with Gasteiger partial charge in [-0.1, -0.05) is 18.2 Å². The highest BCUT2D eigenvalue weighted by molar-refractivity contribution is 5.89. The third-order valence-electron chi connectivity index (χ3n) is 5.21. The van der Waals surface area contributed by atoms with E-state index in [2.05, 4.69) is 15.6 Å². The van der Waals surface area contributed by atoms with Gasteiger partial charge >= 0.3 is 35.4 Å². The van der Waals surface area contributed by atoms with Crippen molar-refractivity contribution in [3.05, 3.63) is 92.8 Å². The van der Waals surface area contributed by atoms with Gasteiger partial charge in [0.05, 0.1) is 22.3 Å². The summed E-state index contributed by atoms with van der Waals surface area (Å²) in [4.78, 5) is 65.7. The van der Waals surface area contributed by atoms with E-state index in [-0.39, 0.29) is 23.7 Å². The Kier molecular flexibility index (Phi) is 8.48. The number of carbonyl (C=O) groups is 2. The van der Waals surface area contributed by atoms with E-state index in [4.69, 9.17) is 14.7 Å². The molecule has 0 fully saturated rings.